The van der Waals surface area contributed by atoms with Crippen molar-refractivity contribution in [3.05, 3.63) is 48.0 Å². The van der Waals surface area contributed by atoms with E-state index in [4.69, 9.17) is 9.94 Å². The maximum absolute atomic E-state index is 13.5. The van der Waals surface area contributed by atoms with Gasteiger partial charge in [-0.2, -0.15) is 5.48 Å². The summed E-state index contributed by atoms with van der Waals surface area (Å²) < 4.78 is 0. The van der Waals surface area contributed by atoms with Crippen LogP contribution >= 0.6 is 0 Å². The number of carbonyl (C=O) groups is 2. The molecule has 3 N–H and O–H groups in total. The number of likely N-dealkylation sites (N-methyl/N-ethyl adjacent to an activating group) is 2. The van der Waals surface area contributed by atoms with Gasteiger partial charge in [-0.25, -0.2) is 4.79 Å². The van der Waals surface area contributed by atoms with Gasteiger partial charge in [0.25, 0.3) is 0 Å². The normalized spacial score (nSPS) is 15.6. The van der Waals surface area contributed by atoms with E-state index in [0.29, 0.717) is 0 Å². The Balaban J connectivity index is 3.10. The third-order valence-corrected chi connectivity index (χ3v) is 5.77. The molecule has 0 aliphatic carbocycles. The predicted octanol–water partition coefficient (Wildman–Crippen LogP) is 3.57. The van der Waals surface area contributed by atoms with Crippen LogP contribution in [0.5, 0.6) is 0 Å². The fourth-order valence-corrected chi connectivity index (χ4v) is 3.65. The molecule has 7 heteroatoms. The first-order valence-corrected chi connectivity index (χ1v) is 11.0. The highest BCUT2D eigenvalue weighted by atomic mass is 16.7. The van der Waals surface area contributed by atoms with E-state index < -0.39 is 23.7 Å². The van der Waals surface area contributed by atoms with Gasteiger partial charge in [0.05, 0.1) is 6.04 Å². The standard InChI is InChI=1S/C25H41N3O4/c1-17(2)19(15-16-20(29)30)28(9)22(31)21(24(3,4)5)27-32-23(26-8)25(6,7)18-13-11-10-12-14-18/h10-17,19,21,23,26-27H,1-9H3,(H,29,30)/b16-15+/t19?,21-,23-/m1/s1. The van der Waals surface area contributed by atoms with Crippen LogP contribution in [0.4, 0.5) is 0 Å². The summed E-state index contributed by atoms with van der Waals surface area (Å²) >= 11 is 0. The second-order valence-electron chi connectivity index (χ2n) is 10.2. The molecule has 0 saturated carbocycles. The summed E-state index contributed by atoms with van der Waals surface area (Å²) in [6.45, 7) is 14.0. The first kappa shape index (κ1) is 27.8. The summed E-state index contributed by atoms with van der Waals surface area (Å²) in [4.78, 5) is 32.2. The lowest BCUT2D eigenvalue weighted by molar-refractivity contribution is -0.151. The van der Waals surface area contributed by atoms with E-state index in [9.17, 15) is 9.59 Å². The van der Waals surface area contributed by atoms with Gasteiger partial charge < -0.3 is 10.0 Å². The van der Waals surface area contributed by atoms with Crippen molar-refractivity contribution in [2.24, 2.45) is 11.3 Å². The molecular formula is C25H41N3O4. The molecule has 0 heterocycles. The van der Waals surface area contributed by atoms with Gasteiger partial charge >= 0.3 is 5.97 Å². The Hall–Kier alpha value is -2.22. The van der Waals surface area contributed by atoms with Crippen LogP contribution in [0.2, 0.25) is 0 Å². The van der Waals surface area contributed by atoms with E-state index >= 15 is 0 Å². The zero-order valence-corrected chi connectivity index (χ0v) is 21.0. The molecule has 0 saturated heterocycles. The minimum Gasteiger partial charge on any atom is -0.478 e. The van der Waals surface area contributed by atoms with E-state index in [2.05, 4.69) is 36.8 Å². The molecule has 0 radical (unpaired) electrons. The lowest BCUT2D eigenvalue weighted by Gasteiger charge is -2.39. The SMILES string of the molecule is CN[C@H](ON[C@H](C(=O)N(C)C(/C=C/C(=O)O)C(C)C)C(C)(C)C)C(C)(C)c1ccccc1. The molecule has 0 aromatic heterocycles. The lowest BCUT2D eigenvalue weighted by Crippen LogP contribution is -2.58. The summed E-state index contributed by atoms with van der Waals surface area (Å²) in [6.07, 6.45) is 2.24. The monoisotopic (exact) mass is 447 g/mol. The molecule has 3 atom stereocenters. The molecule has 1 rings (SSSR count). The van der Waals surface area contributed by atoms with Crippen molar-refractivity contribution < 1.29 is 19.5 Å². The number of benzene rings is 1. The maximum Gasteiger partial charge on any atom is 0.328 e. The summed E-state index contributed by atoms with van der Waals surface area (Å²) in [5.74, 6) is -1.16. The van der Waals surface area contributed by atoms with E-state index in [1.54, 1.807) is 18.0 Å². The third kappa shape index (κ3) is 7.43. The smallest absolute Gasteiger partial charge is 0.328 e. The summed E-state index contributed by atoms with van der Waals surface area (Å²) in [5.41, 5.74) is 3.32. The van der Waals surface area contributed by atoms with Gasteiger partial charge in [-0.1, -0.05) is 84.9 Å². The number of aliphatic carboxylic acids is 1. The van der Waals surface area contributed by atoms with Crippen LogP contribution in [0.15, 0.2) is 42.5 Å². The van der Waals surface area contributed by atoms with Crippen molar-refractivity contribution in [1.82, 2.24) is 15.7 Å². The summed E-state index contributed by atoms with van der Waals surface area (Å²) in [6, 6.07) is 9.06. The van der Waals surface area contributed by atoms with Gasteiger partial charge in [-0.3, -0.25) is 14.9 Å². The van der Waals surface area contributed by atoms with Crippen molar-refractivity contribution in [2.75, 3.05) is 14.1 Å². The molecule has 0 aliphatic rings. The lowest BCUT2D eigenvalue weighted by atomic mass is 9.82. The van der Waals surface area contributed by atoms with Crippen molar-refractivity contribution in [2.45, 2.75) is 72.2 Å². The Bertz CT molecular complexity index is 769. The number of amides is 1. The van der Waals surface area contributed by atoms with Crippen LogP contribution in [0, 0.1) is 11.3 Å². The molecule has 1 amide bonds. The quantitative estimate of drug-likeness (QED) is 0.273. The fraction of sp³-hybridized carbons (Fsp3) is 0.600. The molecule has 0 fully saturated rings. The molecule has 0 bridgehead atoms. The number of hydroxylamine groups is 1. The number of hydrogen-bond acceptors (Lipinski definition) is 5. The predicted molar refractivity (Wildman–Crippen MR) is 128 cm³/mol. The molecule has 1 unspecified atom stereocenters. The molecule has 32 heavy (non-hydrogen) atoms. The molecule has 1 aromatic rings. The van der Waals surface area contributed by atoms with Gasteiger partial charge in [-0.05, 0) is 23.9 Å². The molecule has 180 valence electrons. The van der Waals surface area contributed by atoms with E-state index in [1.807, 2.05) is 59.9 Å². The molecule has 1 aromatic carbocycles. The number of hydrogen-bond donors (Lipinski definition) is 3. The number of rotatable bonds is 11. The third-order valence-electron chi connectivity index (χ3n) is 5.77. The van der Waals surface area contributed by atoms with Gasteiger partial charge in [0.15, 0.2) is 0 Å². The highest BCUT2D eigenvalue weighted by Crippen LogP contribution is 2.28. The number of carboxylic acids is 1. The van der Waals surface area contributed by atoms with Crippen LogP contribution < -0.4 is 10.8 Å². The van der Waals surface area contributed by atoms with Gasteiger partial charge in [0, 0.05) is 18.5 Å². The van der Waals surface area contributed by atoms with Gasteiger partial charge in [0.1, 0.15) is 12.3 Å². The van der Waals surface area contributed by atoms with E-state index in [1.165, 1.54) is 0 Å². The Morgan fingerprint density at radius 1 is 1.09 bits per heavy atom. The number of nitrogens with zero attached hydrogens (tertiary/aromatic N) is 1. The van der Waals surface area contributed by atoms with Crippen molar-refractivity contribution in [3.8, 4) is 0 Å². The van der Waals surface area contributed by atoms with Crippen molar-refractivity contribution >= 4 is 11.9 Å². The van der Waals surface area contributed by atoms with Crippen LogP contribution in [0.3, 0.4) is 0 Å². The summed E-state index contributed by atoms with van der Waals surface area (Å²) in [7, 11) is 3.52. The van der Waals surface area contributed by atoms with Crippen LogP contribution in [0.25, 0.3) is 0 Å². The first-order chi connectivity index (χ1) is 14.7. The zero-order chi connectivity index (χ0) is 24.7. The van der Waals surface area contributed by atoms with Gasteiger partial charge in [-0.15, -0.1) is 0 Å². The van der Waals surface area contributed by atoms with E-state index in [0.717, 1.165) is 11.6 Å². The Morgan fingerprint density at radius 3 is 2.09 bits per heavy atom. The average molecular weight is 448 g/mol. The Morgan fingerprint density at radius 2 is 1.66 bits per heavy atom. The van der Waals surface area contributed by atoms with E-state index in [-0.39, 0.29) is 23.3 Å². The molecular weight excluding hydrogens is 406 g/mol. The second-order valence-corrected chi connectivity index (χ2v) is 10.2. The number of carbonyl (C=O) groups excluding carboxylic acids is 1. The van der Waals surface area contributed by atoms with Crippen LogP contribution in [-0.4, -0.2) is 54.3 Å². The highest BCUT2D eigenvalue weighted by Gasteiger charge is 2.38. The van der Waals surface area contributed by atoms with Gasteiger partial charge in [0.2, 0.25) is 5.91 Å². The minimum absolute atomic E-state index is 0.0446. The Labute approximate surface area is 193 Å². The van der Waals surface area contributed by atoms with Crippen LogP contribution in [-0.2, 0) is 19.8 Å². The van der Waals surface area contributed by atoms with Crippen molar-refractivity contribution in [3.63, 3.8) is 0 Å². The fourth-order valence-electron chi connectivity index (χ4n) is 3.65. The average Bonchev–Trinajstić information content (AvgIpc) is 2.69. The maximum atomic E-state index is 13.5. The molecule has 7 nitrogen and oxygen atoms in total. The highest BCUT2D eigenvalue weighted by molar-refractivity contribution is 5.83. The number of carboxylic acid groups (broad SMARTS) is 1. The number of nitrogens with one attached hydrogen (secondary N) is 2. The topological polar surface area (TPSA) is 90.9 Å². The largest absolute Gasteiger partial charge is 0.478 e. The summed E-state index contributed by atoms with van der Waals surface area (Å²) in [5, 5.41) is 12.2. The zero-order valence-electron chi connectivity index (χ0n) is 21.0. The minimum atomic E-state index is -1.04. The molecule has 0 aliphatic heterocycles. The molecule has 0 spiro atoms. The first-order valence-electron chi connectivity index (χ1n) is 11.0. The van der Waals surface area contributed by atoms with Crippen LogP contribution in [0.1, 0.15) is 54.0 Å². The Kier molecular flexibility index (Phi) is 10.1. The second kappa shape index (κ2) is 11.6. The van der Waals surface area contributed by atoms with Crippen molar-refractivity contribution in [1.29, 1.82) is 0 Å².